The number of nitrogens with zero attached hydrogens (tertiary/aromatic N) is 1. The van der Waals surface area contributed by atoms with Gasteiger partial charge in [-0.1, -0.05) is 22.0 Å². The Hall–Kier alpha value is -2.38. The lowest BCUT2D eigenvalue weighted by Crippen LogP contribution is -2.34. The van der Waals surface area contributed by atoms with E-state index >= 15 is 0 Å². The number of thiophene rings is 1. The molecule has 7 heteroatoms. The lowest BCUT2D eigenvalue weighted by Gasteiger charge is -2.11. The first kappa shape index (κ1) is 18.4. The Bertz CT molecular complexity index is 919. The maximum absolute atomic E-state index is 12.4. The Labute approximate surface area is 164 Å². The second kappa shape index (κ2) is 8.33. The highest BCUT2D eigenvalue weighted by Crippen LogP contribution is 2.19. The van der Waals surface area contributed by atoms with E-state index in [0.717, 1.165) is 15.7 Å². The number of rotatable bonds is 6. The quantitative estimate of drug-likeness (QED) is 0.618. The highest BCUT2D eigenvalue weighted by atomic mass is 79.9. The molecule has 2 aromatic heterocycles. The molecule has 0 unspecified atom stereocenters. The van der Waals surface area contributed by atoms with E-state index in [0.29, 0.717) is 12.2 Å². The highest BCUT2D eigenvalue weighted by Gasteiger charge is 2.13. The zero-order valence-corrected chi connectivity index (χ0v) is 16.6. The van der Waals surface area contributed by atoms with Crippen LogP contribution in [0.5, 0.6) is 0 Å². The van der Waals surface area contributed by atoms with E-state index < -0.39 is 0 Å². The van der Waals surface area contributed by atoms with Crippen molar-refractivity contribution in [3.63, 3.8) is 0 Å². The third-order valence-corrected chi connectivity index (χ3v) is 5.19. The molecule has 2 heterocycles. The minimum atomic E-state index is -0.269. The van der Waals surface area contributed by atoms with Gasteiger partial charge in [-0.05, 0) is 54.3 Å². The Balaban J connectivity index is 1.57. The summed E-state index contributed by atoms with van der Waals surface area (Å²) in [6.45, 7) is 2.46. The van der Waals surface area contributed by atoms with Crippen molar-refractivity contribution in [2.24, 2.45) is 0 Å². The molecule has 5 nitrogen and oxygen atoms in total. The molecular formula is C19H18BrN3O2S. The number of benzene rings is 1. The van der Waals surface area contributed by atoms with Gasteiger partial charge in [0.1, 0.15) is 5.69 Å². The Morgan fingerprint density at radius 3 is 2.77 bits per heavy atom. The second-order valence-corrected chi connectivity index (χ2v) is 7.74. The van der Waals surface area contributed by atoms with Crippen molar-refractivity contribution in [1.82, 2.24) is 9.88 Å². The Morgan fingerprint density at radius 2 is 2.04 bits per heavy atom. The van der Waals surface area contributed by atoms with Gasteiger partial charge in [0.25, 0.3) is 5.91 Å². The van der Waals surface area contributed by atoms with Gasteiger partial charge in [-0.15, -0.1) is 11.3 Å². The van der Waals surface area contributed by atoms with Crippen LogP contribution in [0.2, 0.25) is 0 Å². The third kappa shape index (κ3) is 4.62. The number of hydrogen-bond acceptors (Lipinski definition) is 3. The summed E-state index contributed by atoms with van der Waals surface area (Å²) < 4.78 is 2.82. The van der Waals surface area contributed by atoms with Crippen LogP contribution < -0.4 is 10.6 Å². The number of amides is 2. The minimum Gasteiger partial charge on any atom is -0.342 e. The number of carbonyl (C=O) groups is 2. The largest absolute Gasteiger partial charge is 0.342 e. The predicted octanol–water partition coefficient (Wildman–Crippen LogP) is 4.04. The van der Waals surface area contributed by atoms with Crippen molar-refractivity contribution in [3.05, 3.63) is 74.6 Å². The van der Waals surface area contributed by atoms with Crippen molar-refractivity contribution in [1.29, 1.82) is 0 Å². The third-order valence-electron chi connectivity index (χ3n) is 3.84. The molecule has 0 saturated heterocycles. The van der Waals surface area contributed by atoms with Crippen LogP contribution in [0, 0.1) is 6.92 Å². The average molecular weight is 432 g/mol. The zero-order chi connectivity index (χ0) is 18.5. The van der Waals surface area contributed by atoms with Crippen molar-refractivity contribution in [2.45, 2.75) is 13.5 Å². The number of nitrogens with one attached hydrogen (secondary N) is 2. The van der Waals surface area contributed by atoms with E-state index in [-0.39, 0.29) is 18.4 Å². The summed E-state index contributed by atoms with van der Waals surface area (Å²) >= 11 is 5.03. The van der Waals surface area contributed by atoms with E-state index in [9.17, 15) is 9.59 Å². The summed E-state index contributed by atoms with van der Waals surface area (Å²) in [6, 6.07) is 13.2. The van der Waals surface area contributed by atoms with Gasteiger partial charge in [-0.2, -0.15) is 0 Å². The van der Waals surface area contributed by atoms with Crippen molar-refractivity contribution < 1.29 is 9.59 Å². The van der Waals surface area contributed by atoms with Crippen LogP contribution >= 0.6 is 27.3 Å². The molecule has 0 aliphatic carbocycles. The molecule has 0 saturated carbocycles. The molecule has 0 spiro atoms. The van der Waals surface area contributed by atoms with Crippen molar-refractivity contribution in [2.75, 3.05) is 11.9 Å². The summed E-state index contributed by atoms with van der Waals surface area (Å²) in [5, 5.41) is 7.49. The van der Waals surface area contributed by atoms with Gasteiger partial charge in [0.2, 0.25) is 5.91 Å². The average Bonchev–Trinajstić information content (AvgIpc) is 3.28. The summed E-state index contributed by atoms with van der Waals surface area (Å²) in [7, 11) is 0. The first-order valence-electron chi connectivity index (χ1n) is 8.04. The molecule has 0 aliphatic rings. The molecular weight excluding hydrogens is 414 g/mol. The molecule has 3 rings (SSSR count). The standard InChI is InChI=1S/C19H18BrN3O2S/c1-13-10-14(20)6-7-16(13)22-18(24)11-21-19(25)17-5-2-8-23(17)12-15-4-3-9-26-15/h2-10H,11-12H2,1H3,(H,21,25)(H,22,24). The second-order valence-electron chi connectivity index (χ2n) is 5.79. The Morgan fingerprint density at radius 1 is 1.19 bits per heavy atom. The van der Waals surface area contributed by atoms with Crippen LogP contribution in [-0.4, -0.2) is 22.9 Å². The lowest BCUT2D eigenvalue weighted by molar-refractivity contribution is -0.115. The van der Waals surface area contributed by atoms with E-state index in [1.54, 1.807) is 17.4 Å². The summed E-state index contributed by atoms with van der Waals surface area (Å²) in [4.78, 5) is 25.7. The van der Waals surface area contributed by atoms with Gasteiger partial charge in [0.15, 0.2) is 0 Å². The van der Waals surface area contributed by atoms with Crippen molar-refractivity contribution >= 4 is 44.8 Å². The molecule has 0 bridgehead atoms. The monoisotopic (exact) mass is 431 g/mol. The van der Waals surface area contributed by atoms with Crippen LogP contribution in [-0.2, 0) is 11.3 Å². The fraction of sp³-hybridized carbons (Fsp3) is 0.158. The number of anilines is 1. The van der Waals surface area contributed by atoms with Crippen LogP contribution in [0.3, 0.4) is 0 Å². The van der Waals surface area contributed by atoms with Crippen LogP contribution in [0.1, 0.15) is 20.9 Å². The number of halogens is 1. The number of aryl methyl sites for hydroxylation is 1. The molecule has 0 fully saturated rings. The van der Waals surface area contributed by atoms with Gasteiger partial charge >= 0.3 is 0 Å². The molecule has 0 radical (unpaired) electrons. The number of aromatic nitrogens is 1. The van der Waals surface area contributed by atoms with Gasteiger partial charge < -0.3 is 15.2 Å². The zero-order valence-electron chi connectivity index (χ0n) is 14.2. The maximum atomic E-state index is 12.4. The van der Waals surface area contributed by atoms with E-state index in [2.05, 4.69) is 26.6 Å². The predicted molar refractivity (Wildman–Crippen MR) is 108 cm³/mol. The first-order valence-corrected chi connectivity index (χ1v) is 9.72. The molecule has 2 N–H and O–H groups in total. The summed E-state index contributed by atoms with van der Waals surface area (Å²) in [5.41, 5.74) is 2.21. The summed E-state index contributed by atoms with van der Waals surface area (Å²) in [6.07, 6.45) is 1.86. The molecule has 1 aromatic carbocycles. The molecule has 2 amide bonds. The van der Waals surface area contributed by atoms with E-state index in [4.69, 9.17) is 0 Å². The van der Waals surface area contributed by atoms with Gasteiger partial charge in [-0.25, -0.2) is 0 Å². The van der Waals surface area contributed by atoms with Crippen LogP contribution in [0.4, 0.5) is 5.69 Å². The molecule has 134 valence electrons. The fourth-order valence-electron chi connectivity index (χ4n) is 2.54. The van der Waals surface area contributed by atoms with Crippen LogP contribution in [0.25, 0.3) is 0 Å². The molecule has 0 aliphatic heterocycles. The number of carbonyl (C=O) groups excluding carboxylic acids is 2. The topological polar surface area (TPSA) is 63.1 Å². The molecule has 0 atom stereocenters. The van der Waals surface area contributed by atoms with E-state index in [1.165, 1.54) is 4.88 Å². The fourth-order valence-corrected chi connectivity index (χ4v) is 3.72. The maximum Gasteiger partial charge on any atom is 0.268 e. The first-order chi connectivity index (χ1) is 12.5. The van der Waals surface area contributed by atoms with E-state index in [1.807, 2.05) is 59.5 Å². The molecule has 3 aromatic rings. The highest BCUT2D eigenvalue weighted by molar-refractivity contribution is 9.10. The number of hydrogen-bond donors (Lipinski definition) is 2. The summed E-state index contributed by atoms with van der Waals surface area (Å²) in [5.74, 6) is -0.533. The van der Waals surface area contributed by atoms with Gasteiger partial charge in [0.05, 0.1) is 13.1 Å². The smallest absolute Gasteiger partial charge is 0.268 e. The minimum absolute atomic E-state index is 0.0848. The van der Waals surface area contributed by atoms with Crippen molar-refractivity contribution in [3.8, 4) is 0 Å². The molecule has 26 heavy (non-hydrogen) atoms. The Kier molecular flexibility index (Phi) is 5.90. The van der Waals surface area contributed by atoms with Crippen LogP contribution in [0.15, 0.2) is 58.5 Å². The van der Waals surface area contributed by atoms with Gasteiger partial charge in [0, 0.05) is 21.2 Å². The van der Waals surface area contributed by atoms with Gasteiger partial charge in [-0.3, -0.25) is 9.59 Å². The normalized spacial score (nSPS) is 10.5. The SMILES string of the molecule is Cc1cc(Br)ccc1NC(=O)CNC(=O)c1cccn1Cc1cccs1. The lowest BCUT2D eigenvalue weighted by atomic mass is 10.2.